The van der Waals surface area contributed by atoms with E-state index in [1.165, 1.54) is 4.90 Å². The molecular formula is C47H41Cl2N5O7. The maximum atomic E-state index is 14.2. The van der Waals surface area contributed by atoms with Gasteiger partial charge < -0.3 is 35.0 Å². The van der Waals surface area contributed by atoms with Crippen LogP contribution in [0.3, 0.4) is 0 Å². The maximum absolute atomic E-state index is 14.2. The molecular weight excluding hydrogens is 817 g/mol. The van der Waals surface area contributed by atoms with Gasteiger partial charge >= 0.3 is 12.0 Å². The summed E-state index contributed by atoms with van der Waals surface area (Å²) in [5, 5.41) is 26.0. The third-order valence-electron chi connectivity index (χ3n) is 11.3. The highest BCUT2D eigenvalue weighted by Gasteiger charge is 2.40. The van der Waals surface area contributed by atoms with Crippen molar-refractivity contribution in [2.24, 2.45) is 0 Å². The van der Waals surface area contributed by atoms with E-state index in [1.807, 2.05) is 42.5 Å². The SMILES string of the molecule is N#Cc1ccc(-c2ccc(CC(NC(=O)C3Cc4cc5c(cc4CN3C(=O)N3CCCCC3)OC(c3ccc(OCc4ccc(Cl)c(Cl)c4)cc3)C(=O)N5)C(=O)O)cc2)cc1. The smallest absolute Gasteiger partial charge is 0.326 e. The first-order valence-corrected chi connectivity index (χ1v) is 20.8. The Labute approximate surface area is 362 Å². The first-order chi connectivity index (χ1) is 29.5. The summed E-state index contributed by atoms with van der Waals surface area (Å²) in [6, 6.07) is 29.9. The highest BCUT2D eigenvalue weighted by Crippen LogP contribution is 2.40. The zero-order valence-corrected chi connectivity index (χ0v) is 34.4. The quantitative estimate of drug-likeness (QED) is 0.126. The molecule has 0 radical (unpaired) electrons. The molecule has 1 saturated heterocycles. The lowest BCUT2D eigenvalue weighted by Crippen LogP contribution is -2.58. The molecule has 3 N–H and O–H groups in total. The molecule has 0 saturated carbocycles. The number of nitrogens with one attached hydrogen (secondary N) is 2. The van der Waals surface area contributed by atoms with Crippen molar-refractivity contribution < 1.29 is 33.8 Å². The third-order valence-corrected chi connectivity index (χ3v) is 12.0. The van der Waals surface area contributed by atoms with Gasteiger partial charge in [-0.15, -0.1) is 0 Å². The van der Waals surface area contributed by atoms with Gasteiger partial charge in [-0.05, 0) is 101 Å². The van der Waals surface area contributed by atoms with Crippen LogP contribution in [0, 0.1) is 11.3 Å². The number of ether oxygens (including phenoxy) is 2. The number of aliphatic carboxylic acids is 1. The van der Waals surface area contributed by atoms with Crippen LogP contribution in [0.25, 0.3) is 11.1 Å². The molecule has 0 aromatic heterocycles. The average molecular weight is 859 g/mol. The minimum absolute atomic E-state index is 0.0185. The number of carbonyl (C=O) groups is 4. The molecule has 3 aliphatic heterocycles. The number of halogens is 2. The van der Waals surface area contributed by atoms with E-state index in [9.17, 15) is 24.3 Å². The molecule has 3 aliphatic rings. The summed E-state index contributed by atoms with van der Waals surface area (Å²) >= 11 is 12.2. The summed E-state index contributed by atoms with van der Waals surface area (Å²) in [4.78, 5) is 57.6. The summed E-state index contributed by atoms with van der Waals surface area (Å²) in [5.74, 6) is -1.16. The number of likely N-dealkylation sites (tertiary alicyclic amines) is 1. The maximum Gasteiger partial charge on any atom is 0.326 e. The zero-order chi connectivity index (χ0) is 42.6. The molecule has 5 aromatic carbocycles. The van der Waals surface area contributed by atoms with Crippen LogP contribution in [0.4, 0.5) is 10.5 Å². The molecule has 3 unspecified atom stereocenters. The van der Waals surface area contributed by atoms with Gasteiger partial charge in [0.25, 0.3) is 5.91 Å². The molecule has 61 heavy (non-hydrogen) atoms. The summed E-state index contributed by atoms with van der Waals surface area (Å²) in [6.07, 6.45) is 1.88. The first kappa shape index (κ1) is 41.2. The number of amides is 4. The molecule has 3 atom stereocenters. The van der Waals surface area contributed by atoms with Crippen LogP contribution in [-0.4, -0.2) is 63.9 Å². The molecule has 1 fully saturated rings. The molecule has 0 bridgehead atoms. The van der Waals surface area contributed by atoms with Crippen molar-refractivity contribution in [1.82, 2.24) is 15.1 Å². The van der Waals surface area contributed by atoms with Gasteiger partial charge in [0.05, 0.1) is 27.4 Å². The van der Waals surface area contributed by atoms with Crippen molar-refractivity contribution in [3.8, 4) is 28.7 Å². The van der Waals surface area contributed by atoms with E-state index in [0.29, 0.717) is 57.0 Å². The number of urea groups is 1. The fourth-order valence-corrected chi connectivity index (χ4v) is 8.24. The highest BCUT2D eigenvalue weighted by molar-refractivity contribution is 6.42. The van der Waals surface area contributed by atoms with E-state index in [0.717, 1.165) is 47.1 Å². The minimum atomic E-state index is -1.27. The number of piperidine rings is 1. The Kier molecular flexibility index (Phi) is 12.1. The fourth-order valence-electron chi connectivity index (χ4n) is 7.92. The largest absolute Gasteiger partial charge is 0.489 e. The summed E-state index contributed by atoms with van der Waals surface area (Å²) < 4.78 is 12.2. The number of benzene rings is 5. The first-order valence-electron chi connectivity index (χ1n) is 20.0. The Balaban J connectivity index is 0.981. The van der Waals surface area contributed by atoms with E-state index in [-0.39, 0.29) is 37.9 Å². The second kappa shape index (κ2) is 18.0. The van der Waals surface area contributed by atoms with E-state index in [1.54, 1.807) is 65.6 Å². The number of carbonyl (C=O) groups excluding carboxylic acids is 3. The second-order valence-corrected chi connectivity index (χ2v) is 16.2. The van der Waals surface area contributed by atoms with Gasteiger partial charge in [-0.25, -0.2) is 9.59 Å². The number of nitriles is 1. The van der Waals surface area contributed by atoms with Crippen molar-refractivity contribution >= 4 is 52.7 Å². The summed E-state index contributed by atoms with van der Waals surface area (Å²) in [5.41, 5.74) is 6.44. The van der Waals surface area contributed by atoms with Crippen LogP contribution >= 0.6 is 23.2 Å². The van der Waals surface area contributed by atoms with Gasteiger partial charge in [-0.1, -0.05) is 77.8 Å². The number of nitrogens with zero attached hydrogens (tertiary/aromatic N) is 3. The van der Waals surface area contributed by atoms with Crippen LogP contribution in [-0.2, 0) is 40.4 Å². The minimum Gasteiger partial charge on any atom is -0.489 e. The van der Waals surface area contributed by atoms with E-state index in [4.69, 9.17) is 37.9 Å². The van der Waals surface area contributed by atoms with Gasteiger partial charge in [0.1, 0.15) is 30.2 Å². The van der Waals surface area contributed by atoms with E-state index in [2.05, 4.69) is 16.7 Å². The van der Waals surface area contributed by atoms with Crippen molar-refractivity contribution in [2.45, 2.75) is 63.4 Å². The Morgan fingerprint density at radius 3 is 2.23 bits per heavy atom. The van der Waals surface area contributed by atoms with Gasteiger partial charge in [0.2, 0.25) is 12.0 Å². The number of rotatable bonds is 10. The fraction of sp³-hybridized carbons (Fsp3) is 0.255. The Morgan fingerprint density at radius 1 is 0.869 bits per heavy atom. The number of fused-ring (bicyclic) bond motifs is 2. The average Bonchev–Trinajstić information content (AvgIpc) is 3.28. The van der Waals surface area contributed by atoms with Crippen molar-refractivity contribution in [2.75, 3.05) is 18.4 Å². The number of hydrogen-bond acceptors (Lipinski definition) is 7. The Hall–Kier alpha value is -6.55. The van der Waals surface area contributed by atoms with Crippen LogP contribution in [0.5, 0.6) is 11.5 Å². The molecule has 0 spiro atoms. The van der Waals surface area contributed by atoms with Gasteiger partial charge in [-0.2, -0.15) is 5.26 Å². The Bertz CT molecular complexity index is 2520. The van der Waals surface area contributed by atoms with E-state index >= 15 is 0 Å². The van der Waals surface area contributed by atoms with Crippen LogP contribution in [0.1, 0.15) is 58.7 Å². The van der Waals surface area contributed by atoms with Crippen molar-refractivity contribution in [3.63, 3.8) is 0 Å². The normalized spacial score (nSPS) is 17.4. The molecule has 12 nitrogen and oxygen atoms in total. The van der Waals surface area contributed by atoms with Gasteiger partial charge in [-0.3, -0.25) is 9.59 Å². The molecule has 5 aromatic rings. The molecule has 14 heteroatoms. The molecule has 3 heterocycles. The molecule has 8 rings (SSSR count). The standard InChI is InChI=1S/C47H41Cl2N5O7/c48-37-17-8-30(20-38(37)49)27-60-36-15-13-33(14-16-36)43-45(56)51-39-22-34-23-41(54(26-35(34)24-42(39)61-43)47(59)53-18-2-1-3-19-53)44(55)52-40(46(57)58)21-28-4-9-31(10-5-28)32-11-6-29(25-50)7-12-32/h4-17,20,22,24,40-41,43H,1-3,18-19,21,23,26-27H2,(H,51,56)(H,52,55)(H,57,58). The third kappa shape index (κ3) is 9.28. The Morgan fingerprint density at radius 2 is 1.56 bits per heavy atom. The van der Waals surface area contributed by atoms with Crippen LogP contribution in [0.2, 0.25) is 10.0 Å². The van der Waals surface area contributed by atoms with Gasteiger partial charge in [0.15, 0.2) is 0 Å². The number of hydrogen-bond donors (Lipinski definition) is 3. The lowest BCUT2D eigenvalue weighted by Gasteiger charge is -2.41. The van der Waals surface area contributed by atoms with E-state index < -0.39 is 30.1 Å². The summed E-state index contributed by atoms with van der Waals surface area (Å²) in [7, 11) is 0. The lowest BCUT2D eigenvalue weighted by molar-refractivity contribution is -0.142. The zero-order valence-electron chi connectivity index (χ0n) is 32.9. The van der Waals surface area contributed by atoms with Crippen molar-refractivity contribution in [3.05, 3.63) is 147 Å². The van der Waals surface area contributed by atoms with Gasteiger partial charge in [0, 0.05) is 38.0 Å². The van der Waals surface area contributed by atoms with Crippen molar-refractivity contribution in [1.29, 1.82) is 5.26 Å². The monoisotopic (exact) mass is 857 g/mol. The number of carboxylic acids is 1. The summed E-state index contributed by atoms with van der Waals surface area (Å²) in [6.45, 7) is 1.48. The predicted molar refractivity (Wildman–Crippen MR) is 229 cm³/mol. The second-order valence-electron chi connectivity index (χ2n) is 15.4. The number of carboxylic acid groups (broad SMARTS) is 1. The number of anilines is 1. The predicted octanol–water partition coefficient (Wildman–Crippen LogP) is 8.33. The van der Waals surface area contributed by atoms with Crippen LogP contribution in [0.15, 0.2) is 103 Å². The highest BCUT2D eigenvalue weighted by atomic mass is 35.5. The molecule has 310 valence electrons. The topological polar surface area (TPSA) is 161 Å². The van der Waals surface area contributed by atoms with Crippen LogP contribution < -0.4 is 20.1 Å². The lowest BCUT2D eigenvalue weighted by atomic mass is 9.91. The molecule has 4 amide bonds. The molecule has 0 aliphatic carbocycles.